The van der Waals surface area contributed by atoms with Crippen molar-refractivity contribution in [1.82, 2.24) is 25.1 Å². The second-order valence-corrected chi connectivity index (χ2v) is 7.74. The lowest BCUT2D eigenvalue weighted by Gasteiger charge is -2.14. The number of aromatic nitrogens is 4. The highest BCUT2D eigenvalue weighted by Gasteiger charge is 2.13. The summed E-state index contributed by atoms with van der Waals surface area (Å²) in [4.78, 5) is 16.0. The first kappa shape index (κ1) is 19.5. The van der Waals surface area contributed by atoms with Crippen LogP contribution < -0.4 is 5.32 Å². The van der Waals surface area contributed by atoms with Gasteiger partial charge in [-0.1, -0.05) is 41.9 Å². The predicted molar refractivity (Wildman–Crippen MR) is 113 cm³/mol. The third-order valence-electron chi connectivity index (χ3n) is 5.01. The zero-order chi connectivity index (χ0) is 20.2. The maximum Gasteiger partial charge on any atom is 0.248 e. The Balaban J connectivity index is 1.36. The van der Waals surface area contributed by atoms with Crippen molar-refractivity contribution < 1.29 is 4.79 Å². The molecule has 1 N–H and O–H groups in total. The molecule has 29 heavy (non-hydrogen) atoms. The molecule has 2 aromatic carbocycles. The summed E-state index contributed by atoms with van der Waals surface area (Å²) in [6.45, 7) is 5.21. The number of amides is 1. The van der Waals surface area contributed by atoms with Crippen molar-refractivity contribution in [3.05, 3.63) is 58.6 Å². The third-order valence-corrected chi connectivity index (χ3v) is 5.42. The minimum Gasteiger partial charge on any atom is -0.324 e. The molecule has 1 aliphatic rings. The first-order chi connectivity index (χ1) is 14.1. The van der Waals surface area contributed by atoms with Crippen molar-refractivity contribution in [3.63, 3.8) is 0 Å². The zero-order valence-corrected chi connectivity index (χ0v) is 17.1. The quantitative estimate of drug-likeness (QED) is 0.672. The van der Waals surface area contributed by atoms with Crippen LogP contribution in [0.3, 0.4) is 0 Å². The van der Waals surface area contributed by atoms with E-state index in [0.29, 0.717) is 16.5 Å². The Hall–Kier alpha value is -2.77. The maximum absolute atomic E-state index is 12.2. The van der Waals surface area contributed by atoms with Crippen molar-refractivity contribution in [2.24, 2.45) is 0 Å². The molecule has 4 rings (SSSR count). The van der Waals surface area contributed by atoms with Gasteiger partial charge in [-0.3, -0.25) is 9.69 Å². The SMILES string of the molecule is Cc1ccc(NC(=O)Cn2nnc(-c3ccc(CN4CCCC4)cc3)n2)cc1Cl. The fourth-order valence-electron chi connectivity index (χ4n) is 3.38. The van der Waals surface area contributed by atoms with Crippen LogP contribution in [-0.4, -0.2) is 44.1 Å². The smallest absolute Gasteiger partial charge is 0.248 e. The molecule has 1 fully saturated rings. The van der Waals surface area contributed by atoms with Gasteiger partial charge < -0.3 is 5.32 Å². The Morgan fingerprint density at radius 1 is 1.14 bits per heavy atom. The van der Waals surface area contributed by atoms with Crippen LogP contribution in [0.15, 0.2) is 42.5 Å². The summed E-state index contributed by atoms with van der Waals surface area (Å²) in [5.41, 5.74) is 3.75. The van der Waals surface area contributed by atoms with E-state index >= 15 is 0 Å². The number of nitrogens with one attached hydrogen (secondary N) is 1. The van der Waals surface area contributed by atoms with E-state index in [-0.39, 0.29) is 12.5 Å². The van der Waals surface area contributed by atoms with Gasteiger partial charge in [-0.25, -0.2) is 0 Å². The van der Waals surface area contributed by atoms with E-state index in [2.05, 4.69) is 37.8 Å². The number of anilines is 1. The number of carbonyl (C=O) groups excluding carboxylic acids is 1. The summed E-state index contributed by atoms with van der Waals surface area (Å²) >= 11 is 6.09. The van der Waals surface area contributed by atoms with Gasteiger partial charge in [0.05, 0.1) is 0 Å². The van der Waals surface area contributed by atoms with Gasteiger partial charge in [0, 0.05) is 22.8 Å². The van der Waals surface area contributed by atoms with Crippen LogP contribution in [0.4, 0.5) is 5.69 Å². The lowest BCUT2D eigenvalue weighted by molar-refractivity contribution is -0.117. The topological polar surface area (TPSA) is 75.9 Å². The Morgan fingerprint density at radius 2 is 1.90 bits per heavy atom. The van der Waals surface area contributed by atoms with E-state index in [0.717, 1.165) is 17.7 Å². The number of likely N-dealkylation sites (tertiary alicyclic amines) is 1. The number of hydrogen-bond acceptors (Lipinski definition) is 5. The molecule has 0 saturated carbocycles. The average molecular weight is 411 g/mol. The summed E-state index contributed by atoms with van der Waals surface area (Å²) in [7, 11) is 0. The van der Waals surface area contributed by atoms with E-state index in [1.165, 1.54) is 36.3 Å². The van der Waals surface area contributed by atoms with Crippen molar-refractivity contribution in [1.29, 1.82) is 0 Å². The number of tetrazole rings is 1. The minimum atomic E-state index is -0.241. The van der Waals surface area contributed by atoms with E-state index in [9.17, 15) is 4.79 Å². The Morgan fingerprint density at radius 3 is 2.62 bits per heavy atom. The first-order valence-electron chi connectivity index (χ1n) is 9.72. The molecule has 0 unspecified atom stereocenters. The standard InChI is InChI=1S/C21H23ClN6O/c1-15-4-9-18(12-19(15)22)23-20(29)14-28-25-21(24-26-28)17-7-5-16(6-8-17)13-27-10-2-3-11-27/h4-9,12H,2-3,10-11,13-14H2,1H3,(H,23,29). The second kappa shape index (κ2) is 8.71. The van der Waals surface area contributed by atoms with Crippen molar-refractivity contribution in [2.75, 3.05) is 18.4 Å². The van der Waals surface area contributed by atoms with Crippen molar-refractivity contribution in [2.45, 2.75) is 32.9 Å². The molecule has 0 radical (unpaired) electrons. The molecule has 1 aromatic heterocycles. The van der Waals surface area contributed by atoms with Crippen LogP contribution >= 0.6 is 11.6 Å². The highest BCUT2D eigenvalue weighted by atomic mass is 35.5. The number of nitrogens with zero attached hydrogens (tertiary/aromatic N) is 5. The molecule has 0 aliphatic carbocycles. The molecule has 0 atom stereocenters. The van der Waals surface area contributed by atoms with E-state index < -0.39 is 0 Å². The third kappa shape index (κ3) is 4.99. The normalized spacial score (nSPS) is 14.3. The average Bonchev–Trinajstić information content (AvgIpc) is 3.38. The molecular weight excluding hydrogens is 388 g/mol. The van der Waals surface area contributed by atoms with Gasteiger partial charge in [0.1, 0.15) is 6.54 Å². The van der Waals surface area contributed by atoms with Crippen LogP contribution in [-0.2, 0) is 17.9 Å². The highest BCUT2D eigenvalue weighted by Crippen LogP contribution is 2.20. The summed E-state index contributed by atoms with van der Waals surface area (Å²) < 4.78 is 0. The van der Waals surface area contributed by atoms with Gasteiger partial charge in [-0.05, 0) is 61.3 Å². The summed E-state index contributed by atoms with van der Waals surface area (Å²) in [5, 5.41) is 15.8. The van der Waals surface area contributed by atoms with E-state index in [1.54, 1.807) is 6.07 Å². The van der Waals surface area contributed by atoms with Gasteiger partial charge in [0.15, 0.2) is 0 Å². The summed E-state index contributed by atoms with van der Waals surface area (Å²) in [5.74, 6) is 0.263. The molecule has 0 spiro atoms. The van der Waals surface area contributed by atoms with E-state index in [1.807, 2.05) is 31.2 Å². The Labute approximate surface area is 174 Å². The van der Waals surface area contributed by atoms with Crippen LogP contribution in [0.2, 0.25) is 5.02 Å². The molecule has 1 aliphatic heterocycles. The monoisotopic (exact) mass is 410 g/mol. The van der Waals surface area contributed by atoms with Crippen LogP contribution in [0.5, 0.6) is 0 Å². The highest BCUT2D eigenvalue weighted by molar-refractivity contribution is 6.31. The molecule has 7 nitrogen and oxygen atoms in total. The molecule has 1 amide bonds. The molecule has 3 aromatic rings. The molecule has 150 valence electrons. The predicted octanol–water partition coefficient (Wildman–Crippen LogP) is 3.54. The van der Waals surface area contributed by atoms with Crippen LogP contribution in [0.1, 0.15) is 24.0 Å². The largest absolute Gasteiger partial charge is 0.324 e. The van der Waals surface area contributed by atoms with Gasteiger partial charge >= 0.3 is 0 Å². The summed E-state index contributed by atoms with van der Waals surface area (Å²) in [6, 6.07) is 13.6. The fraction of sp³-hybridized carbons (Fsp3) is 0.333. The second-order valence-electron chi connectivity index (χ2n) is 7.34. The first-order valence-corrected chi connectivity index (χ1v) is 10.1. The number of rotatable bonds is 6. The molecule has 1 saturated heterocycles. The summed E-state index contributed by atoms with van der Waals surface area (Å²) in [6.07, 6.45) is 2.57. The van der Waals surface area contributed by atoms with E-state index in [4.69, 9.17) is 11.6 Å². The molecule has 8 heteroatoms. The van der Waals surface area contributed by atoms with Gasteiger partial charge in [0.25, 0.3) is 0 Å². The number of carbonyl (C=O) groups is 1. The van der Waals surface area contributed by atoms with Crippen LogP contribution in [0, 0.1) is 6.92 Å². The number of aryl methyl sites for hydroxylation is 1. The molecule has 0 bridgehead atoms. The van der Waals surface area contributed by atoms with Crippen LogP contribution in [0.25, 0.3) is 11.4 Å². The fourth-order valence-corrected chi connectivity index (χ4v) is 3.56. The number of benzene rings is 2. The number of hydrogen-bond donors (Lipinski definition) is 1. The lowest BCUT2D eigenvalue weighted by Crippen LogP contribution is -2.20. The van der Waals surface area contributed by atoms with Crippen molar-refractivity contribution in [3.8, 4) is 11.4 Å². The van der Waals surface area contributed by atoms with Gasteiger partial charge in [-0.2, -0.15) is 4.80 Å². The Kier molecular flexibility index (Phi) is 5.87. The Bertz CT molecular complexity index is 995. The zero-order valence-electron chi connectivity index (χ0n) is 16.3. The maximum atomic E-state index is 12.2. The molecule has 2 heterocycles. The lowest BCUT2D eigenvalue weighted by atomic mass is 10.1. The minimum absolute atomic E-state index is 0.0223. The van der Waals surface area contributed by atoms with Gasteiger partial charge in [-0.15, -0.1) is 10.2 Å². The van der Waals surface area contributed by atoms with Gasteiger partial charge in [0.2, 0.25) is 11.7 Å². The number of halogens is 1. The molecular formula is C21H23ClN6O. The van der Waals surface area contributed by atoms with Crippen molar-refractivity contribution >= 4 is 23.2 Å².